The minimum absolute atomic E-state index is 0.0431. The van der Waals surface area contributed by atoms with Crippen molar-refractivity contribution in [3.8, 4) is 5.75 Å². The van der Waals surface area contributed by atoms with Crippen molar-refractivity contribution in [3.05, 3.63) is 129 Å². The second-order valence-corrected chi connectivity index (χ2v) is 10.9. The number of imide groups is 1. The third-order valence-corrected chi connectivity index (χ3v) is 8.01. The van der Waals surface area contributed by atoms with Crippen molar-refractivity contribution in [1.82, 2.24) is 4.98 Å². The number of rotatable bonds is 9. The second kappa shape index (κ2) is 11.8. The van der Waals surface area contributed by atoms with Gasteiger partial charge in [-0.1, -0.05) is 35.9 Å². The molecule has 0 fully saturated rings. The average Bonchev–Trinajstić information content (AvgIpc) is 3.48. The number of ketones is 1. The van der Waals surface area contributed by atoms with Crippen molar-refractivity contribution >= 4 is 51.8 Å². The van der Waals surface area contributed by atoms with Gasteiger partial charge in [0.25, 0.3) is 11.8 Å². The first-order chi connectivity index (χ1) is 21.3. The van der Waals surface area contributed by atoms with Crippen molar-refractivity contribution in [3.63, 3.8) is 0 Å². The van der Waals surface area contributed by atoms with E-state index in [-0.39, 0.29) is 30.6 Å². The Kier molecular flexibility index (Phi) is 7.76. The molecule has 1 aliphatic rings. The van der Waals surface area contributed by atoms with Crippen LogP contribution in [0.4, 0.5) is 5.69 Å². The van der Waals surface area contributed by atoms with E-state index in [4.69, 9.17) is 21.1 Å². The number of aromatic nitrogens is 1. The standard InChI is InChI=1S/C35H27ClN2O6/c1-20-27(31-28(37-20)15-16-29(43-2)32(31)33(40)22-9-11-23(36)12-10-22)19-30(39)44-18-17-21-7-13-24(14-8-21)38-34(41)25-5-3-4-6-26(25)35(38)42/h3-16,37H,17-19H2,1-2H3. The van der Waals surface area contributed by atoms with E-state index in [9.17, 15) is 19.2 Å². The van der Waals surface area contributed by atoms with Crippen LogP contribution in [0.25, 0.3) is 10.9 Å². The van der Waals surface area contributed by atoms with Crippen molar-refractivity contribution in [2.45, 2.75) is 19.8 Å². The Morgan fingerprint density at radius 2 is 1.52 bits per heavy atom. The number of hydrogen-bond donors (Lipinski definition) is 1. The zero-order valence-corrected chi connectivity index (χ0v) is 24.7. The highest BCUT2D eigenvalue weighted by Gasteiger charge is 2.36. The molecule has 9 heteroatoms. The molecule has 5 aromatic rings. The molecule has 44 heavy (non-hydrogen) atoms. The predicted molar refractivity (Wildman–Crippen MR) is 167 cm³/mol. The maximum absolute atomic E-state index is 13.6. The molecule has 0 spiro atoms. The van der Waals surface area contributed by atoms with Crippen molar-refractivity contribution in [1.29, 1.82) is 0 Å². The van der Waals surface area contributed by atoms with E-state index < -0.39 is 5.97 Å². The number of halogens is 1. The summed E-state index contributed by atoms with van der Waals surface area (Å²) in [5.41, 5.74) is 5.05. The number of aromatic amines is 1. The molecular weight excluding hydrogens is 580 g/mol. The van der Waals surface area contributed by atoms with Crippen LogP contribution in [0.2, 0.25) is 5.02 Å². The number of nitrogens with one attached hydrogen (secondary N) is 1. The fraction of sp³-hybridized carbons (Fsp3) is 0.143. The van der Waals surface area contributed by atoms with Crippen molar-refractivity contribution < 1.29 is 28.7 Å². The predicted octanol–water partition coefficient (Wildman–Crippen LogP) is 6.50. The van der Waals surface area contributed by atoms with E-state index in [1.165, 1.54) is 12.0 Å². The number of fused-ring (bicyclic) bond motifs is 2. The van der Waals surface area contributed by atoms with E-state index in [2.05, 4.69) is 4.98 Å². The molecule has 1 aromatic heterocycles. The summed E-state index contributed by atoms with van der Waals surface area (Å²) in [6.45, 7) is 1.98. The fourth-order valence-corrected chi connectivity index (χ4v) is 5.67. The molecule has 0 bridgehead atoms. The third-order valence-electron chi connectivity index (χ3n) is 7.76. The molecular formula is C35H27ClN2O6. The van der Waals surface area contributed by atoms with Gasteiger partial charge >= 0.3 is 5.97 Å². The lowest BCUT2D eigenvalue weighted by molar-refractivity contribution is -0.142. The van der Waals surface area contributed by atoms with E-state index in [1.54, 1.807) is 78.9 Å². The number of anilines is 1. The topological polar surface area (TPSA) is 106 Å². The van der Waals surface area contributed by atoms with Crippen LogP contribution in [0, 0.1) is 6.92 Å². The summed E-state index contributed by atoms with van der Waals surface area (Å²) < 4.78 is 11.1. The first kappa shape index (κ1) is 28.9. The number of H-pyrrole nitrogens is 1. The number of aryl methyl sites for hydroxylation is 1. The van der Waals surface area contributed by atoms with Gasteiger partial charge in [0, 0.05) is 33.6 Å². The zero-order chi connectivity index (χ0) is 31.0. The molecule has 0 saturated heterocycles. The number of esters is 1. The highest BCUT2D eigenvalue weighted by Crippen LogP contribution is 2.35. The van der Waals surface area contributed by atoms with Crippen LogP contribution in [0.3, 0.4) is 0 Å². The number of nitrogens with zero attached hydrogens (tertiary/aromatic N) is 1. The number of hydrogen-bond acceptors (Lipinski definition) is 6. The highest BCUT2D eigenvalue weighted by molar-refractivity contribution is 6.34. The molecule has 4 aromatic carbocycles. The van der Waals surface area contributed by atoms with E-state index >= 15 is 0 Å². The number of benzene rings is 4. The van der Waals surface area contributed by atoms with Gasteiger partial charge in [-0.2, -0.15) is 0 Å². The Morgan fingerprint density at radius 3 is 2.16 bits per heavy atom. The molecule has 2 amide bonds. The SMILES string of the molecule is COc1ccc2[nH]c(C)c(CC(=O)OCCc3ccc(N4C(=O)c5ccccc5C4=O)cc3)c2c1C(=O)c1ccc(Cl)cc1. The third kappa shape index (κ3) is 5.24. The van der Waals surface area contributed by atoms with Crippen LogP contribution < -0.4 is 9.64 Å². The number of carbonyl (C=O) groups excluding carboxylic acids is 4. The Morgan fingerprint density at radius 1 is 0.864 bits per heavy atom. The zero-order valence-electron chi connectivity index (χ0n) is 24.0. The normalized spacial score (nSPS) is 12.5. The van der Waals surface area contributed by atoms with Gasteiger partial charge in [0.1, 0.15) is 5.75 Å². The lowest BCUT2D eigenvalue weighted by Crippen LogP contribution is -2.29. The van der Waals surface area contributed by atoms with Gasteiger partial charge in [0.2, 0.25) is 0 Å². The smallest absolute Gasteiger partial charge is 0.310 e. The van der Waals surface area contributed by atoms with Crippen molar-refractivity contribution in [2.75, 3.05) is 18.6 Å². The first-order valence-corrected chi connectivity index (χ1v) is 14.4. The lowest BCUT2D eigenvalue weighted by atomic mass is 9.95. The molecule has 2 heterocycles. The fourth-order valence-electron chi connectivity index (χ4n) is 5.54. The van der Waals surface area contributed by atoms with Gasteiger partial charge in [-0.25, -0.2) is 4.90 Å². The average molecular weight is 607 g/mol. The number of amides is 2. The summed E-state index contributed by atoms with van der Waals surface area (Å²) in [4.78, 5) is 56.6. The summed E-state index contributed by atoms with van der Waals surface area (Å²) >= 11 is 6.02. The summed E-state index contributed by atoms with van der Waals surface area (Å²) in [5.74, 6) is -0.992. The summed E-state index contributed by atoms with van der Waals surface area (Å²) in [6, 6.07) is 23.9. The Bertz CT molecular complexity index is 1910. The molecule has 220 valence electrons. The summed E-state index contributed by atoms with van der Waals surface area (Å²) in [6.07, 6.45) is 0.397. The van der Waals surface area contributed by atoms with Gasteiger partial charge in [-0.3, -0.25) is 19.2 Å². The molecule has 8 nitrogen and oxygen atoms in total. The van der Waals surface area contributed by atoms with Gasteiger partial charge in [-0.15, -0.1) is 0 Å². The number of carbonyl (C=O) groups is 4. The molecule has 0 aliphatic carbocycles. The minimum atomic E-state index is -0.440. The van der Waals surface area contributed by atoms with E-state index in [0.717, 1.165) is 11.3 Å². The van der Waals surface area contributed by atoms with Gasteiger partial charge in [0.15, 0.2) is 5.78 Å². The van der Waals surface area contributed by atoms with Crippen molar-refractivity contribution in [2.24, 2.45) is 0 Å². The van der Waals surface area contributed by atoms with Crippen LogP contribution in [-0.4, -0.2) is 42.3 Å². The molecule has 1 aliphatic heterocycles. The van der Waals surface area contributed by atoms with E-state index in [1.807, 2.05) is 13.0 Å². The largest absolute Gasteiger partial charge is 0.496 e. The van der Waals surface area contributed by atoms with Gasteiger partial charge < -0.3 is 14.5 Å². The van der Waals surface area contributed by atoms with Crippen LogP contribution in [-0.2, 0) is 22.4 Å². The second-order valence-electron chi connectivity index (χ2n) is 10.4. The quantitative estimate of drug-likeness (QED) is 0.117. The lowest BCUT2D eigenvalue weighted by Gasteiger charge is -2.14. The first-order valence-electron chi connectivity index (χ1n) is 14.0. The highest BCUT2D eigenvalue weighted by atomic mass is 35.5. The summed E-state index contributed by atoms with van der Waals surface area (Å²) in [5, 5.41) is 1.13. The van der Waals surface area contributed by atoms with Crippen LogP contribution in [0.15, 0.2) is 84.9 Å². The molecule has 0 saturated carbocycles. The van der Waals surface area contributed by atoms with Gasteiger partial charge in [-0.05, 0) is 78.7 Å². The minimum Gasteiger partial charge on any atom is -0.496 e. The monoisotopic (exact) mass is 606 g/mol. The molecule has 0 atom stereocenters. The van der Waals surface area contributed by atoms with E-state index in [0.29, 0.717) is 61.6 Å². The molecule has 6 rings (SSSR count). The summed E-state index contributed by atoms with van der Waals surface area (Å²) in [7, 11) is 1.50. The Hall–Kier alpha value is -5.21. The molecule has 1 N–H and O–H groups in total. The molecule has 0 radical (unpaired) electrons. The maximum atomic E-state index is 13.6. The number of methoxy groups -OCH3 is 1. The Balaban J connectivity index is 1.15. The van der Waals surface area contributed by atoms with Crippen LogP contribution >= 0.6 is 11.6 Å². The van der Waals surface area contributed by atoms with Crippen LogP contribution in [0.1, 0.15) is 53.5 Å². The number of ether oxygens (including phenoxy) is 2. The molecule has 0 unspecified atom stereocenters. The maximum Gasteiger partial charge on any atom is 0.310 e. The Labute approximate surface area is 258 Å². The van der Waals surface area contributed by atoms with Gasteiger partial charge in [0.05, 0.1) is 42.5 Å². The van der Waals surface area contributed by atoms with Crippen LogP contribution in [0.5, 0.6) is 5.75 Å².